The van der Waals surface area contributed by atoms with Crippen molar-refractivity contribution in [3.63, 3.8) is 0 Å². The Kier molecular flexibility index (Phi) is 3.65. The number of methoxy groups -OCH3 is 1. The number of rotatable bonds is 4. The van der Waals surface area contributed by atoms with E-state index in [1.165, 1.54) is 0 Å². The van der Waals surface area contributed by atoms with Crippen LogP contribution in [0, 0.1) is 0 Å². The number of carbonyl (C=O) groups excluding carboxylic acids is 2. The molecule has 1 atom stereocenters. The first-order valence-corrected chi connectivity index (χ1v) is 6.96. The Hall–Kier alpha value is -1.92. The molecule has 0 radical (unpaired) electrons. The zero-order chi connectivity index (χ0) is 14.9. The summed E-state index contributed by atoms with van der Waals surface area (Å²) in [6, 6.07) is 5.23. The molecule has 0 saturated carbocycles. The van der Waals surface area contributed by atoms with Gasteiger partial charge in [0.25, 0.3) is 5.91 Å². The molecule has 112 valence electrons. The van der Waals surface area contributed by atoms with Crippen LogP contribution >= 0.6 is 0 Å². The van der Waals surface area contributed by atoms with Gasteiger partial charge in [-0.15, -0.1) is 0 Å². The van der Waals surface area contributed by atoms with Gasteiger partial charge in [0, 0.05) is 37.9 Å². The smallest absolute Gasteiger partial charge is 0.251 e. The lowest BCUT2D eigenvalue weighted by molar-refractivity contribution is -0.115. The lowest BCUT2D eigenvalue weighted by atomic mass is 10.0. The van der Waals surface area contributed by atoms with E-state index >= 15 is 0 Å². The molecule has 2 aliphatic rings. The van der Waals surface area contributed by atoms with Gasteiger partial charge in [0.2, 0.25) is 5.91 Å². The Labute approximate surface area is 122 Å². The number of benzene rings is 1. The third kappa shape index (κ3) is 2.77. The fourth-order valence-electron chi connectivity index (χ4n) is 2.68. The molecular weight excluding hydrogens is 272 g/mol. The van der Waals surface area contributed by atoms with Gasteiger partial charge in [-0.2, -0.15) is 0 Å². The lowest BCUT2D eigenvalue weighted by Crippen LogP contribution is -2.45. The maximum absolute atomic E-state index is 12.2. The standard InChI is InChI=1S/C15H18N2O4/c1-20-15(4-5-21-9-15)8-16-14(19)10-2-3-12-11(6-10)7-13(18)17-12/h2-3,6H,4-5,7-9H2,1H3,(H,16,19)(H,17,18). The zero-order valence-corrected chi connectivity index (χ0v) is 11.9. The summed E-state index contributed by atoms with van der Waals surface area (Å²) in [6.07, 6.45) is 1.10. The van der Waals surface area contributed by atoms with Crippen LogP contribution in [-0.2, 0) is 20.7 Å². The molecule has 0 aliphatic carbocycles. The Morgan fingerprint density at radius 3 is 3.10 bits per heavy atom. The van der Waals surface area contributed by atoms with Crippen LogP contribution in [0.1, 0.15) is 22.3 Å². The second-order valence-electron chi connectivity index (χ2n) is 5.47. The predicted molar refractivity (Wildman–Crippen MR) is 76.3 cm³/mol. The molecule has 1 fully saturated rings. The van der Waals surface area contributed by atoms with Gasteiger partial charge in [0.1, 0.15) is 5.60 Å². The van der Waals surface area contributed by atoms with Crippen LogP contribution < -0.4 is 10.6 Å². The molecule has 3 rings (SSSR count). The monoisotopic (exact) mass is 290 g/mol. The summed E-state index contributed by atoms with van der Waals surface area (Å²) in [5.41, 5.74) is 1.77. The summed E-state index contributed by atoms with van der Waals surface area (Å²) in [6.45, 7) is 1.55. The topological polar surface area (TPSA) is 76.7 Å². The molecule has 2 N–H and O–H groups in total. The molecule has 1 unspecified atom stereocenters. The largest absolute Gasteiger partial charge is 0.378 e. The minimum atomic E-state index is -0.427. The quantitative estimate of drug-likeness (QED) is 0.856. The Morgan fingerprint density at radius 1 is 1.52 bits per heavy atom. The van der Waals surface area contributed by atoms with Gasteiger partial charge in [-0.05, 0) is 23.8 Å². The van der Waals surface area contributed by atoms with Crippen molar-refractivity contribution in [1.29, 1.82) is 0 Å². The van der Waals surface area contributed by atoms with Crippen LogP contribution in [0.5, 0.6) is 0 Å². The molecule has 21 heavy (non-hydrogen) atoms. The molecule has 1 saturated heterocycles. The first kappa shape index (κ1) is 14.0. The number of fused-ring (bicyclic) bond motifs is 1. The summed E-state index contributed by atoms with van der Waals surface area (Å²) in [5, 5.41) is 5.63. The van der Waals surface area contributed by atoms with Crippen molar-refractivity contribution < 1.29 is 19.1 Å². The molecule has 1 aromatic rings. The van der Waals surface area contributed by atoms with Crippen molar-refractivity contribution in [1.82, 2.24) is 5.32 Å². The van der Waals surface area contributed by atoms with Gasteiger partial charge in [-0.25, -0.2) is 0 Å². The van der Waals surface area contributed by atoms with Gasteiger partial charge in [-0.3, -0.25) is 9.59 Å². The Morgan fingerprint density at radius 2 is 2.38 bits per heavy atom. The van der Waals surface area contributed by atoms with Crippen LogP contribution in [0.4, 0.5) is 5.69 Å². The van der Waals surface area contributed by atoms with Crippen molar-refractivity contribution >= 4 is 17.5 Å². The summed E-state index contributed by atoms with van der Waals surface area (Å²) in [7, 11) is 1.63. The first-order chi connectivity index (χ1) is 10.1. The highest BCUT2D eigenvalue weighted by atomic mass is 16.5. The van der Waals surface area contributed by atoms with Gasteiger partial charge < -0.3 is 20.1 Å². The average molecular weight is 290 g/mol. The van der Waals surface area contributed by atoms with Crippen molar-refractivity contribution in [3.8, 4) is 0 Å². The van der Waals surface area contributed by atoms with Crippen LogP contribution in [0.15, 0.2) is 18.2 Å². The molecule has 2 heterocycles. The van der Waals surface area contributed by atoms with Crippen LogP contribution in [-0.4, -0.2) is 44.3 Å². The summed E-state index contributed by atoms with van der Waals surface area (Å²) < 4.78 is 10.8. The number of carbonyl (C=O) groups is 2. The molecule has 1 aromatic carbocycles. The number of hydrogen-bond acceptors (Lipinski definition) is 4. The molecule has 0 bridgehead atoms. The number of amides is 2. The highest BCUT2D eigenvalue weighted by molar-refractivity contribution is 6.01. The first-order valence-electron chi connectivity index (χ1n) is 6.96. The van der Waals surface area contributed by atoms with Crippen molar-refractivity contribution in [2.24, 2.45) is 0 Å². The number of anilines is 1. The van der Waals surface area contributed by atoms with Crippen molar-refractivity contribution in [2.45, 2.75) is 18.4 Å². The molecule has 6 heteroatoms. The molecule has 6 nitrogen and oxygen atoms in total. The summed E-state index contributed by atoms with van der Waals surface area (Å²) in [4.78, 5) is 23.5. The van der Waals surface area contributed by atoms with E-state index in [0.29, 0.717) is 31.7 Å². The van der Waals surface area contributed by atoms with Gasteiger partial charge >= 0.3 is 0 Å². The van der Waals surface area contributed by atoms with E-state index in [-0.39, 0.29) is 11.8 Å². The van der Waals surface area contributed by atoms with Crippen LogP contribution in [0.25, 0.3) is 0 Å². The third-order valence-corrected chi connectivity index (χ3v) is 4.06. The second kappa shape index (κ2) is 5.46. The molecule has 2 aliphatic heterocycles. The highest BCUT2D eigenvalue weighted by Crippen LogP contribution is 2.24. The van der Waals surface area contributed by atoms with E-state index in [1.807, 2.05) is 0 Å². The highest BCUT2D eigenvalue weighted by Gasteiger charge is 2.35. The number of ether oxygens (including phenoxy) is 2. The maximum atomic E-state index is 12.2. The SMILES string of the molecule is COC1(CNC(=O)c2ccc3c(c2)CC(=O)N3)CCOC1. The van der Waals surface area contributed by atoms with E-state index < -0.39 is 5.60 Å². The second-order valence-corrected chi connectivity index (χ2v) is 5.47. The molecule has 0 aromatic heterocycles. The van der Waals surface area contributed by atoms with Crippen molar-refractivity contribution in [3.05, 3.63) is 29.3 Å². The van der Waals surface area contributed by atoms with E-state index in [9.17, 15) is 9.59 Å². The molecule has 2 amide bonds. The number of nitrogens with one attached hydrogen (secondary N) is 2. The maximum Gasteiger partial charge on any atom is 0.251 e. The minimum Gasteiger partial charge on any atom is -0.378 e. The van der Waals surface area contributed by atoms with Crippen molar-refractivity contribution in [2.75, 3.05) is 32.2 Å². The normalized spacial score (nSPS) is 23.8. The zero-order valence-electron chi connectivity index (χ0n) is 11.9. The van der Waals surface area contributed by atoms with Gasteiger partial charge in [-0.1, -0.05) is 0 Å². The lowest BCUT2D eigenvalue weighted by Gasteiger charge is -2.25. The van der Waals surface area contributed by atoms with E-state index in [2.05, 4.69) is 10.6 Å². The third-order valence-electron chi connectivity index (χ3n) is 4.06. The van der Waals surface area contributed by atoms with Gasteiger partial charge in [0.05, 0.1) is 13.0 Å². The molecular formula is C15H18N2O4. The fourth-order valence-corrected chi connectivity index (χ4v) is 2.68. The van der Waals surface area contributed by atoms with Gasteiger partial charge in [0.15, 0.2) is 0 Å². The Balaban J connectivity index is 1.66. The fraction of sp³-hybridized carbons (Fsp3) is 0.467. The summed E-state index contributed by atoms with van der Waals surface area (Å²) >= 11 is 0. The van der Waals surface area contributed by atoms with Crippen LogP contribution in [0.2, 0.25) is 0 Å². The Bertz CT molecular complexity index is 579. The number of hydrogen-bond donors (Lipinski definition) is 2. The molecule has 0 spiro atoms. The predicted octanol–water partition coefficient (Wildman–Crippen LogP) is 0.716. The van der Waals surface area contributed by atoms with E-state index in [4.69, 9.17) is 9.47 Å². The van der Waals surface area contributed by atoms with Crippen LogP contribution in [0.3, 0.4) is 0 Å². The average Bonchev–Trinajstić information content (AvgIpc) is 3.09. The van der Waals surface area contributed by atoms with E-state index in [1.54, 1.807) is 25.3 Å². The minimum absolute atomic E-state index is 0.0380. The summed E-state index contributed by atoms with van der Waals surface area (Å²) in [5.74, 6) is -0.204. The van der Waals surface area contributed by atoms with E-state index in [0.717, 1.165) is 17.7 Å².